The molecule has 128 valence electrons. The fraction of sp³-hybridized carbons (Fsp3) is 0.444. The van der Waals surface area contributed by atoms with Crippen molar-refractivity contribution in [3.8, 4) is 5.75 Å². The molecule has 6 heteroatoms. The quantitative estimate of drug-likeness (QED) is 0.625. The standard InChI is InChI=1S/C18H25N5O/c1-3-19-18(21-11-15-12-22-23(2)13-15)20-8-6-14-4-5-17-16(10-14)7-9-24-17/h4-5,10,12-13H,3,6-9,11H2,1-2H3,(H2,19,20,21). The van der Waals surface area contributed by atoms with Crippen molar-refractivity contribution in [1.29, 1.82) is 0 Å². The van der Waals surface area contributed by atoms with Crippen molar-refractivity contribution >= 4 is 5.96 Å². The van der Waals surface area contributed by atoms with Crippen molar-refractivity contribution in [2.45, 2.75) is 26.3 Å². The largest absolute Gasteiger partial charge is 0.493 e. The van der Waals surface area contributed by atoms with Crippen LogP contribution >= 0.6 is 0 Å². The first-order valence-electron chi connectivity index (χ1n) is 8.49. The molecule has 2 aromatic rings. The van der Waals surface area contributed by atoms with Crippen molar-refractivity contribution < 1.29 is 4.74 Å². The lowest BCUT2D eigenvalue weighted by Crippen LogP contribution is -2.38. The number of ether oxygens (including phenoxy) is 1. The number of rotatable bonds is 6. The lowest BCUT2D eigenvalue weighted by molar-refractivity contribution is 0.357. The molecule has 1 aliphatic heterocycles. The van der Waals surface area contributed by atoms with Gasteiger partial charge >= 0.3 is 0 Å². The molecule has 0 amide bonds. The summed E-state index contributed by atoms with van der Waals surface area (Å²) in [6, 6.07) is 6.48. The molecule has 1 aromatic carbocycles. The summed E-state index contributed by atoms with van der Waals surface area (Å²) in [5, 5.41) is 10.8. The number of guanidine groups is 1. The van der Waals surface area contributed by atoms with Crippen LogP contribution in [0.2, 0.25) is 0 Å². The second-order valence-corrected chi connectivity index (χ2v) is 5.93. The van der Waals surface area contributed by atoms with Gasteiger partial charge in [-0.2, -0.15) is 5.10 Å². The Morgan fingerprint density at radius 1 is 1.33 bits per heavy atom. The first-order valence-corrected chi connectivity index (χ1v) is 8.49. The highest BCUT2D eigenvalue weighted by Gasteiger charge is 2.11. The fourth-order valence-electron chi connectivity index (χ4n) is 2.79. The van der Waals surface area contributed by atoms with Crippen LogP contribution in [-0.4, -0.2) is 35.4 Å². The van der Waals surface area contributed by atoms with Crippen molar-refractivity contribution in [3.63, 3.8) is 0 Å². The molecule has 0 saturated heterocycles. The van der Waals surface area contributed by atoms with Crippen LogP contribution < -0.4 is 15.4 Å². The third-order valence-electron chi connectivity index (χ3n) is 3.98. The third kappa shape index (κ3) is 4.28. The van der Waals surface area contributed by atoms with E-state index in [1.165, 1.54) is 11.1 Å². The predicted molar refractivity (Wildman–Crippen MR) is 95.4 cm³/mol. The smallest absolute Gasteiger partial charge is 0.191 e. The zero-order chi connectivity index (χ0) is 16.8. The van der Waals surface area contributed by atoms with Crippen LogP contribution in [0.25, 0.3) is 0 Å². The van der Waals surface area contributed by atoms with Gasteiger partial charge in [0.05, 0.1) is 19.3 Å². The van der Waals surface area contributed by atoms with Gasteiger partial charge < -0.3 is 15.4 Å². The molecule has 0 bridgehead atoms. The summed E-state index contributed by atoms with van der Waals surface area (Å²) in [6.07, 6.45) is 5.82. The molecule has 3 rings (SSSR count). The van der Waals surface area contributed by atoms with E-state index in [0.717, 1.165) is 49.8 Å². The predicted octanol–water partition coefficient (Wildman–Crippen LogP) is 1.65. The Morgan fingerprint density at radius 3 is 3.04 bits per heavy atom. The molecule has 2 N–H and O–H groups in total. The van der Waals surface area contributed by atoms with Gasteiger partial charge in [0, 0.05) is 38.3 Å². The number of aryl methyl sites for hydroxylation is 1. The SMILES string of the molecule is CCNC(=NCc1cnn(C)c1)NCCc1ccc2c(c1)CCO2. The van der Waals surface area contributed by atoms with E-state index in [-0.39, 0.29) is 0 Å². The summed E-state index contributed by atoms with van der Waals surface area (Å²) >= 11 is 0. The van der Waals surface area contributed by atoms with E-state index in [9.17, 15) is 0 Å². The van der Waals surface area contributed by atoms with Crippen LogP contribution in [0.1, 0.15) is 23.6 Å². The highest BCUT2D eigenvalue weighted by atomic mass is 16.5. The van der Waals surface area contributed by atoms with Crippen LogP contribution in [-0.2, 0) is 26.4 Å². The molecule has 0 saturated carbocycles. The highest BCUT2D eigenvalue weighted by molar-refractivity contribution is 5.79. The lowest BCUT2D eigenvalue weighted by Gasteiger charge is -2.11. The van der Waals surface area contributed by atoms with Crippen molar-refractivity contribution in [2.24, 2.45) is 12.0 Å². The number of nitrogens with one attached hydrogen (secondary N) is 2. The monoisotopic (exact) mass is 327 g/mol. The topological polar surface area (TPSA) is 63.5 Å². The Kier molecular flexibility index (Phi) is 5.36. The summed E-state index contributed by atoms with van der Waals surface area (Å²) < 4.78 is 7.35. The van der Waals surface area contributed by atoms with Crippen molar-refractivity contribution in [2.75, 3.05) is 19.7 Å². The zero-order valence-electron chi connectivity index (χ0n) is 14.4. The van der Waals surface area contributed by atoms with E-state index in [1.807, 2.05) is 19.4 Å². The van der Waals surface area contributed by atoms with Gasteiger partial charge in [-0.3, -0.25) is 4.68 Å². The summed E-state index contributed by atoms with van der Waals surface area (Å²) in [7, 11) is 1.92. The molecule has 0 radical (unpaired) electrons. The first kappa shape index (κ1) is 16.4. The number of aliphatic imine (C=N–C) groups is 1. The maximum Gasteiger partial charge on any atom is 0.191 e. The third-order valence-corrected chi connectivity index (χ3v) is 3.98. The molecular weight excluding hydrogens is 302 g/mol. The Balaban J connectivity index is 1.52. The molecule has 1 aromatic heterocycles. The molecule has 6 nitrogen and oxygen atoms in total. The number of fused-ring (bicyclic) bond motifs is 1. The van der Waals surface area contributed by atoms with E-state index >= 15 is 0 Å². The minimum absolute atomic E-state index is 0.624. The zero-order valence-corrected chi connectivity index (χ0v) is 14.4. The van der Waals surface area contributed by atoms with E-state index in [4.69, 9.17) is 4.74 Å². The van der Waals surface area contributed by atoms with E-state index in [1.54, 1.807) is 4.68 Å². The molecule has 2 heterocycles. The molecule has 24 heavy (non-hydrogen) atoms. The van der Waals surface area contributed by atoms with Crippen molar-refractivity contribution in [3.05, 3.63) is 47.3 Å². The van der Waals surface area contributed by atoms with Gasteiger partial charge in [-0.15, -0.1) is 0 Å². The minimum Gasteiger partial charge on any atom is -0.493 e. The first-order chi connectivity index (χ1) is 11.7. The van der Waals surface area contributed by atoms with Gasteiger partial charge in [-0.05, 0) is 30.5 Å². The summed E-state index contributed by atoms with van der Waals surface area (Å²) in [5.74, 6) is 1.88. The Labute approximate surface area is 142 Å². The lowest BCUT2D eigenvalue weighted by atomic mass is 10.1. The molecule has 0 unspecified atom stereocenters. The van der Waals surface area contributed by atoms with Crippen LogP contribution in [0.15, 0.2) is 35.6 Å². The maximum absolute atomic E-state index is 5.55. The van der Waals surface area contributed by atoms with E-state index < -0.39 is 0 Å². The van der Waals surface area contributed by atoms with Gasteiger partial charge in [0.2, 0.25) is 0 Å². The van der Waals surface area contributed by atoms with Gasteiger partial charge in [-0.25, -0.2) is 4.99 Å². The number of hydrogen-bond donors (Lipinski definition) is 2. The average Bonchev–Trinajstić information content (AvgIpc) is 3.20. The number of nitrogens with zero attached hydrogens (tertiary/aromatic N) is 3. The molecule has 0 fully saturated rings. The Bertz CT molecular complexity index is 707. The summed E-state index contributed by atoms with van der Waals surface area (Å²) in [4.78, 5) is 4.61. The maximum atomic E-state index is 5.55. The van der Waals surface area contributed by atoms with Crippen LogP contribution in [0, 0.1) is 0 Å². The average molecular weight is 327 g/mol. The Hall–Kier alpha value is -2.50. The van der Waals surface area contributed by atoms with E-state index in [2.05, 4.69) is 45.8 Å². The van der Waals surface area contributed by atoms with Gasteiger partial charge in [-0.1, -0.05) is 12.1 Å². The summed E-state index contributed by atoms with van der Waals surface area (Å²) in [5.41, 5.74) is 3.76. The number of aromatic nitrogens is 2. The fourth-order valence-corrected chi connectivity index (χ4v) is 2.79. The second-order valence-electron chi connectivity index (χ2n) is 5.93. The van der Waals surface area contributed by atoms with Crippen LogP contribution in [0.5, 0.6) is 5.75 Å². The number of benzene rings is 1. The molecule has 0 aliphatic carbocycles. The molecule has 1 aliphatic rings. The number of hydrogen-bond acceptors (Lipinski definition) is 3. The minimum atomic E-state index is 0.624. The van der Waals surface area contributed by atoms with Crippen LogP contribution in [0.3, 0.4) is 0 Å². The molecule has 0 atom stereocenters. The van der Waals surface area contributed by atoms with Gasteiger partial charge in [0.15, 0.2) is 5.96 Å². The Morgan fingerprint density at radius 2 is 2.25 bits per heavy atom. The molecular formula is C18H25N5O. The summed E-state index contributed by atoms with van der Waals surface area (Å²) in [6.45, 7) is 5.19. The molecule has 0 spiro atoms. The normalized spacial score (nSPS) is 13.5. The van der Waals surface area contributed by atoms with Crippen LogP contribution in [0.4, 0.5) is 0 Å². The van der Waals surface area contributed by atoms with E-state index in [0.29, 0.717) is 6.54 Å². The second kappa shape index (κ2) is 7.86. The highest BCUT2D eigenvalue weighted by Crippen LogP contribution is 2.25. The van der Waals surface area contributed by atoms with Gasteiger partial charge in [0.25, 0.3) is 0 Å². The van der Waals surface area contributed by atoms with Crippen molar-refractivity contribution in [1.82, 2.24) is 20.4 Å². The van der Waals surface area contributed by atoms with Gasteiger partial charge in [0.1, 0.15) is 5.75 Å².